The van der Waals surface area contributed by atoms with Crippen LogP contribution in [0.4, 0.5) is 0 Å². The van der Waals surface area contributed by atoms with Crippen molar-refractivity contribution in [3.05, 3.63) is 40.6 Å². The van der Waals surface area contributed by atoms with Crippen LogP contribution in [0, 0.1) is 0 Å². The average Bonchev–Trinajstić information content (AvgIpc) is 2.39. The van der Waals surface area contributed by atoms with Crippen molar-refractivity contribution < 1.29 is 14.6 Å². The number of allylic oxidation sites excluding steroid dienone is 1. The first kappa shape index (κ1) is 12.3. The van der Waals surface area contributed by atoms with Crippen LogP contribution in [0.2, 0.25) is 5.02 Å². The summed E-state index contributed by atoms with van der Waals surface area (Å²) in [5, 5.41) is 10.8. The Balaban J connectivity index is 2.31. The van der Waals surface area contributed by atoms with Crippen LogP contribution in [0.1, 0.15) is 24.5 Å². The van der Waals surface area contributed by atoms with Gasteiger partial charge >= 0.3 is 0 Å². The minimum atomic E-state index is -0.816. The fourth-order valence-corrected chi connectivity index (χ4v) is 2.02. The molecular weight excluding hydrogens is 240 g/mol. The second kappa shape index (κ2) is 5.43. The molecule has 0 fully saturated rings. The van der Waals surface area contributed by atoms with E-state index in [2.05, 4.69) is 0 Å². The monoisotopic (exact) mass is 254 g/mol. The van der Waals surface area contributed by atoms with Crippen LogP contribution in [0.5, 0.6) is 5.75 Å². The molecule has 0 aromatic heterocycles. The van der Waals surface area contributed by atoms with Gasteiger partial charge in [0.05, 0.1) is 13.7 Å². The van der Waals surface area contributed by atoms with E-state index in [1.165, 1.54) is 0 Å². The summed E-state index contributed by atoms with van der Waals surface area (Å²) in [6.45, 7) is 0.645. The molecule has 0 saturated heterocycles. The molecule has 17 heavy (non-hydrogen) atoms. The minimum absolute atomic E-state index is 0.566. The predicted molar refractivity (Wildman–Crippen MR) is 66.2 cm³/mol. The Kier molecular flexibility index (Phi) is 3.92. The van der Waals surface area contributed by atoms with Crippen molar-refractivity contribution in [2.24, 2.45) is 0 Å². The zero-order valence-electron chi connectivity index (χ0n) is 9.65. The fourth-order valence-electron chi connectivity index (χ4n) is 1.84. The van der Waals surface area contributed by atoms with Crippen molar-refractivity contribution in [2.45, 2.75) is 18.9 Å². The Bertz CT molecular complexity index is 429. The predicted octanol–water partition coefficient (Wildman–Crippen LogP) is 3.08. The zero-order valence-corrected chi connectivity index (χ0v) is 10.4. The van der Waals surface area contributed by atoms with Crippen molar-refractivity contribution in [1.82, 2.24) is 0 Å². The first-order valence-electron chi connectivity index (χ1n) is 5.56. The first-order chi connectivity index (χ1) is 8.22. The van der Waals surface area contributed by atoms with Crippen LogP contribution < -0.4 is 4.74 Å². The van der Waals surface area contributed by atoms with Gasteiger partial charge in [0.15, 0.2) is 0 Å². The molecule has 4 heteroatoms. The highest BCUT2D eigenvalue weighted by Crippen LogP contribution is 2.33. The number of hydrogen-bond acceptors (Lipinski definition) is 3. The molecule has 2 rings (SSSR count). The van der Waals surface area contributed by atoms with Gasteiger partial charge < -0.3 is 14.6 Å². The summed E-state index contributed by atoms with van der Waals surface area (Å²) in [6, 6.07) is 5.17. The number of rotatable bonds is 3. The van der Waals surface area contributed by atoms with Gasteiger partial charge in [-0.15, -0.1) is 0 Å². The lowest BCUT2D eigenvalue weighted by Gasteiger charge is -2.21. The molecule has 0 spiro atoms. The Hall–Kier alpha value is -1.19. The number of aliphatic hydroxyl groups is 1. The number of methoxy groups -OCH3 is 1. The van der Waals surface area contributed by atoms with Gasteiger partial charge in [-0.2, -0.15) is 0 Å². The molecule has 1 aliphatic rings. The van der Waals surface area contributed by atoms with Crippen LogP contribution in [0.25, 0.3) is 0 Å². The van der Waals surface area contributed by atoms with Gasteiger partial charge in [-0.1, -0.05) is 11.6 Å². The third kappa shape index (κ3) is 2.73. The lowest BCUT2D eigenvalue weighted by atomic mass is 10.0. The number of aliphatic hydroxyl groups excluding tert-OH is 1. The Morgan fingerprint density at radius 2 is 2.29 bits per heavy atom. The highest BCUT2D eigenvalue weighted by atomic mass is 35.5. The lowest BCUT2D eigenvalue weighted by Crippen LogP contribution is -2.10. The molecule has 1 aromatic carbocycles. The molecule has 1 heterocycles. The summed E-state index contributed by atoms with van der Waals surface area (Å²) >= 11 is 5.93. The summed E-state index contributed by atoms with van der Waals surface area (Å²) in [5.74, 6) is 1.19. The standard InChI is InChI=1S/C13H15ClO3/c1-16-11-6-5-9(14)8-10(11)13(15)12-4-2-3-7-17-12/h4-6,8,13,15H,2-3,7H2,1H3. The van der Waals surface area contributed by atoms with Gasteiger partial charge in [-0.3, -0.25) is 0 Å². The number of benzene rings is 1. The van der Waals surface area contributed by atoms with Crippen LogP contribution in [-0.2, 0) is 4.74 Å². The van der Waals surface area contributed by atoms with E-state index in [4.69, 9.17) is 21.1 Å². The highest BCUT2D eigenvalue weighted by Gasteiger charge is 2.20. The molecule has 0 aliphatic carbocycles. The van der Waals surface area contributed by atoms with Gasteiger partial charge in [0, 0.05) is 10.6 Å². The molecule has 1 aliphatic heterocycles. The van der Waals surface area contributed by atoms with Crippen LogP contribution in [0.3, 0.4) is 0 Å². The van der Waals surface area contributed by atoms with Crippen molar-refractivity contribution >= 4 is 11.6 Å². The average molecular weight is 255 g/mol. The quantitative estimate of drug-likeness (QED) is 0.901. The zero-order chi connectivity index (χ0) is 12.3. The van der Waals surface area contributed by atoms with Crippen molar-refractivity contribution in [3.63, 3.8) is 0 Å². The Morgan fingerprint density at radius 3 is 2.94 bits per heavy atom. The third-order valence-electron chi connectivity index (χ3n) is 2.72. The van der Waals surface area contributed by atoms with Crippen LogP contribution >= 0.6 is 11.6 Å². The van der Waals surface area contributed by atoms with Crippen molar-refractivity contribution in [3.8, 4) is 5.75 Å². The van der Waals surface area contributed by atoms with E-state index in [1.54, 1.807) is 25.3 Å². The molecule has 0 amide bonds. The fraction of sp³-hybridized carbons (Fsp3) is 0.385. The van der Waals surface area contributed by atoms with E-state index < -0.39 is 6.10 Å². The van der Waals surface area contributed by atoms with Gasteiger partial charge in [0.25, 0.3) is 0 Å². The lowest BCUT2D eigenvalue weighted by molar-refractivity contribution is 0.0902. The number of ether oxygens (including phenoxy) is 2. The second-order valence-corrected chi connectivity index (χ2v) is 4.32. The third-order valence-corrected chi connectivity index (χ3v) is 2.95. The van der Waals surface area contributed by atoms with E-state index in [0.29, 0.717) is 28.7 Å². The maximum atomic E-state index is 10.2. The van der Waals surface area contributed by atoms with E-state index in [-0.39, 0.29) is 0 Å². The smallest absolute Gasteiger partial charge is 0.139 e. The number of halogens is 1. The van der Waals surface area contributed by atoms with Crippen LogP contribution in [0.15, 0.2) is 30.0 Å². The molecule has 0 saturated carbocycles. The molecular formula is C13H15ClO3. The SMILES string of the molecule is COc1ccc(Cl)cc1C(O)C1=CCCCO1. The Morgan fingerprint density at radius 1 is 1.47 bits per heavy atom. The molecule has 1 aromatic rings. The summed E-state index contributed by atoms with van der Waals surface area (Å²) < 4.78 is 10.7. The van der Waals surface area contributed by atoms with E-state index in [9.17, 15) is 5.11 Å². The Labute approximate surface area is 106 Å². The molecule has 1 unspecified atom stereocenters. The first-order valence-corrected chi connectivity index (χ1v) is 5.94. The van der Waals surface area contributed by atoms with Gasteiger partial charge in [-0.05, 0) is 37.1 Å². The maximum absolute atomic E-state index is 10.2. The molecule has 1 atom stereocenters. The molecule has 92 valence electrons. The second-order valence-electron chi connectivity index (χ2n) is 3.89. The summed E-state index contributed by atoms with van der Waals surface area (Å²) in [5.41, 5.74) is 0.633. The van der Waals surface area contributed by atoms with E-state index in [0.717, 1.165) is 12.8 Å². The highest BCUT2D eigenvalue weighted by molar-refractivity contribution is 6.30. The maximum Gasteiger partial charge on any atom is 0.139 e. The molecule has 0 bridgehead atoms. The molecule has 1 N–H and O–H groups in total. The van der Waals surface area contributed by atoms with Crippen molar-refractivity contribution in [1.29, 1.82) is 0 Å². The minimum Gasteiger partial charge on any atom is -0.496 e. The topological polar surface area (TPSA) is 38.7 Å². The number of hydrogen-bond donors (Lipinski definition) is 1. The summed E-state index contributed by atoms with van der Waals surface area (Å²) in [7, 11) is 1.57. The van der Waals surface area contributed by atoms with Gasteiger partial charge in [0.2, 0.25) is 0 Å². The largest absolute Gasteiger partial charge is 0.496 e. The molecule has 0 radical (unpaired) electrons. The molecule has 3 nitrogen and oxygen atoms in total. The van der Waals surface area contributed by atoms with Crippen molar-refractivity contribution in [2.75, 3.05) is 13.7 Å². The van der Waals surface area contributed by atoms with Gasteiger partial charge in [0.1, 0.15) is 17.6 Å². The van der Waals surface area contributed by atoms with Crippen LogP contribution in [-0.4, -0.2) is 18.8 Å². The summed E-state index contributed by atoms with van der Waals surface area (Å²) in [4.78, 5) is 0. The van der Waals surface area contributed by atoms with E-state index in [1.807, 2.05) is 6.08 Å². The summed E-state index contributed by atoms with van der Waals surface area (Å²) in [6.07, 6.45) is 3.01. The van der Waals surface area contributed by atoms with Gasteiger partial charge in [-0.25, -0.2) is 0 Å². The normalized spacial score (nSPS) is 17.0. The van der Waals surface area contributed by atoms with E-state index >= 15 is 0 Å².